The van der Waals surface area contributed by atoms with E-state index in [4.69, 9.17) is 21.4 Å². The molecule has 4 nitrogen and oxygen atoms in total. The molecule has 0 aromatic carbocycles. The molecule has 2 N–H and O–H groups in total. The van der Waals surface area contributed by atoms with Crippen molar-refractivity contribution in [3.8, 4) is 0 Å². The average molecular weight is 238 g/mol. The van der Waals surface area contributed by atoms with Crippen LogP contribution in [-0.2, 0) is 30.2 Å². The fourth-order valence-corrected chi connectivity index (χ4v) is 2.40. The van der Waals surface area contributed by atoms with E-state index >= 15 is 0 Å². The normalized spacial score (nSPS) is 14.6. The average Bonchev–Trinajstić information content (AvgIpc) is 2.10. The van der Waals surface area contributed by atoms with Gasteiger partial charge in [0, 0.05) is 12.2 Å². The lowest BCUT2D eigenvalue weighted by molar-refractivity contribution is -0.142. The summed E-state index contributed by atoms with van der Waals surface area (Å²) in [6.45, 7) is 1.91. The highest BCUT2D eigenvalue weighted by Gasteiger charge is 2.19. The molecule has 0 rings (SSSR count). The Morgan fingerprint density at radius 3 is 2.36 bits per heavy atom. The summed E-state index contributed by atoms with van der Waals surface area (Å²) in [5.74, 6) is -1.33. The van der Waals surface area contributed by atoms with Crippen LogP contribution in [0.15, 0.2) is 0 Å². The second kappa shape index (κ2) is 6.89. The predicted molar refractivity (Wildman–Crippen MR) is 58.1 cm³/mol. The van der Waals surface area contributed by atoms with Gasteiger partial charge in [-0.2, -0.15) is 0 Å². The second-order valence-electron chi connectivity index (χ2n) is 2.86. The van der Waals surface area contributed by atoms with E-state index in [1.165, 1.54) is 0 Å². The standard InChI is InChI=1S/C8H14O4S2/c1-2-14(13)5-6(8(11)12)3-4-7(9)10/h6H,2-5H2,1H3,(H,9,10)(H,11,12). The van der Waals surface area contributed by atoms with Gasteiger partial charge < -0.3 is 10.2 Å². The first-order valence-corrected chi connectivity index (χ1v) is 6.75. The Balaban J connectivity index is 4.09. The lowest BCUT2D eigenvalue weighted by atomic mass is 10.1. The molecule has 0 amide bonds. The maximum absolute atomic E-state index is 10.7. The first kappa shape index (κ1) is 13.5. The van der Waals surface area contributed by atoms with Crippen LogP contribution in [0.25, 0.3) is 0 Å². The molecular weight excluding hydrogens is 224 g/mol. The van der Waals surface area contributed by atoms with Gasteiger partial charge in [0.2, 0.25) is 0 Å². The second-order valence-corrected chi connectivity index (χ2v) is 6.07. The number of rotatable bonds is 7. The lowest BCUT2D eigenvalue weighted by Gasteiger charge is -2.11. The molecule has 6 heteroatoms. The predicted octanol–water partition coefficient (Wildman–Crippen LogP) is 0.652. The van der Waals surface area contributed by atoms with Gasteiger partial charge in [-0.3, -0.25) is 9.59 Å². The summed E-state index contributed by atoms with van der Waals surface area (Å²) in [5, 5.41) is 17.2. The van der Waals surface area contributed by atoms with Crippen LogP contribution in [-0.4, -0.2) is 33.7 Å². The summed E-state index contributed by atoms with van der Waals surface area (Å²) in [7, 11) is -0.333. The van der Waals surface area contributed by atoms with E-state index in [-0.39, 0.29) is 22.3 Å². The van der Waals surface area contributed by atoms with Gasteiger partial charge >= 0.3 is 11.9 Å². The van der Waals surface area contributed by atoms with Crippen molar-refractivity contribution >= 4 is 32.6 Å². The van der Waals surface area contributed by atoms with Crippen LogP contribution >= 0.6 is 0 Å². The van der Waals surface area contributed by atoms with Crippen LogP contribution in [0.3, 0.4) is 0 Å². The number of aliphatic carboxylic acids is 2. The Bertz CT molecular complexity index is 239. The third kappa shape index (κ3) is 6.04. The van der Waals surface area contributed by atoms with Gasteiger partial charge in [-0.15, -0.1) is 9.45 Å². The Labute approximate surface area is 89.9 Å². The van der Waals surface area contributed by atoms with Crippen molar-refractivity contribution < 1.29 is 19.8 Å². The Kier molecular flexibility index (Phi) is 6.65. The van der Waals surface area contributed by atoms with E-state index in [0.29, 0.717) is 5.75 Å². The summed E-state index contributed by atoms with van der Waals surface area (Å²) >= 11 is 5.03. The molecule has 0 fully saturated rings. The highest BCUT2D eigenvalue weighted by Crippen LogP contribution is 2.09. The molecule has 0 aliphatic rings. The third-order valence-electron chi connectivity index (χ3n) is 1.76. The van der Waals surface area contributed by atoms with E-state index in [1.54, 1.807) is 0 Å². The van der Waals surface area contributed by atoms with Crippen molar-refractivity contribution in [2.45, 2.75) is 19.8 Å². The van der Waals surface area contributed by atoms with Crippen molar-refractivity contribution in [1.29, 1.82) is 0 Å². The minimum atomic E-state index is -0.961. The molecule has 2 unspecified atom stereocenters. The topological polar surface area (TPSA) is 74.6 Å². The SMILES string of the molecule is CCS(=S)CC(CCC(=O)O)C(=O)O. The zero-order valence-corrected chi connectivity index (χ0v) is 9.57. The Morgan fingerprint density at radius 2 is 2.00 bits per heavy atom. The zero-order valence-electron chi connectivity index (χ0n) is 7.93. The number of hydrogen-bond acceptors (Lipinski definition) is 3. The van der Waals surface area contributed by atoms with E-state index in [1.807, 2.05) is 6.92 Å². The van der Waals surface area contributed by atoms with Crippen molar-refractivity contribution in [3.05, 3.63) is 0 Å². The minimum absolute atomic E-state index is 0.104. The number of carbonyl (C=O) groups is 2. The van der Waals surface area contributed by atoms with Gasteiger partial charge in [0.1, 0.15) is 0 Å². The van der Waals surface area contributed by atoms with Crippen LogP contribution in [0.2, 0.25) is 0 Å². The number of carboxylic acids is 2. The molecule has 0 spiro atoms. The van der Waals surface area contributed by atoms with Crippen LogP contribution in [0.5, 0.6) is 0 Å². The van der Waals surface area contributed by atoms with E-state index in [2.05, 4.69) is 0 Å². The fourth-order valence-electron chi connectivity index (χ4n) is 0.918. The molecular formula is C8H14O4S2. The monoisotopic (exact) mass is 238 g/mol. The number of carboxylic acid groups (broad SMARTS) is 2. The van der Waals surface area contributed by atoms with Crippen LogP contribution in [0.1, 0.15) is 19.8 Å². The molecule has 0 saturated carbocycles. The molecule has 0 saturated heterocycles. The molecule has 0 radical (unpaired) electrons. The van der Waals surface area contributed by atoms with Crippen LogP contribution in [0, 0.1) is 5.92 Å². The molecule has 0 bridgehead atoms. The molecule has 14 heavy (non-hydrogen) atoms. The lowest BCUT2D eigenvalue weighted by Crippen LogP contribution is -2.22. The number of hydrogen-bond donors (Lipinski definition) is 2. The smallest absolute Gasteiger partial charge is 0.307 e. The fraction of sp³-hybridized carbons (Fsp3) is 0.750. The molecule has 82 valence electrons. The van der Waals surface area contributed by atoms with Gasteiger partial charge in [0.25, 0.3) is 0 Å². The zero-order chi connectivity index (χ0) is 11.1. The largest absolute Gasteiger partial charge is 0.481 e. The molecule has 0 aliphatic carbocycles. The van der Waals surface area contributed by atoms with Crippen molar-refractivity contribution in [2.75, 3.05) is 11.5 Å². The first-order chi connectivity index (χ1) is 6.47. The van der Waals surface area contributed by atoms with E-state index in [0.717, 1.165) is 5.75 Å². The maximum Gasteiger partial charge on any atom is 0.307 e. The maximum atomic E-state index is 10.7. The Morgan fingerprint density at radius 1 is 1.43 bits per heavy atom. The van der Waals surface area contributed by atoms with Gasteiger partial charge in [-0.1, -0.05) is 18.1 Å². The van der Waals surface area contributed by atoms with Gasteiger partial charge in [-0.05, 0) is 12.2 Å². The van der Waals surface area contributed by atoms with Crippen LogP contribution < -0.4 is 0 Å². The highest BCUT2D eigenvalue weighted by molar-refractivity contribution is 8.28. The van der Waals surface area contributed by atoms with Crippen molar-refractivity contribution in [2.24, 2.45) is 5.92 Å². The molecule has 0 heterocycles. The molecule has 0 aliphatic heterocycles. The van der Waals surface area contributed by atoms with E-state index in [9.17, 15) is 9.59 Å². The third-order valence-corrected chi connectivity index (χ3v) is 4.30. The summed E-state index contributed by atoms with van der Waals surface area (Å²) in [6.07, 6.45) is 0.0675. The minimum Gasteiger partial charge on any atom is -0.481 e. The Hall–Kier alpha value is -0.490. The quantitative estimate of drug-likeness (QED) is 0.681. The van der Waals surface area contributed by atoms with Crippen molar-refractivity contribution in [3.63, 3.8) is 0 Å². The molecule has 0 aromatic rings. The van der Waals surface area contributed by atoms with E-state index < -0.39 is 17.9 Å². The summed E-state index contributed by atoms with van der Waals surface area (Å²) in [6, 6.07) is 0. The first-order valence-electron chi connectivity index (χ1n) is 4.27. The summed E-state index contributed by atoms with van der Waals surface area (Å²) in [5.41, 5.74) is 0. The summed E-state index contributed by atoms with van der Waals surface area (Å²) < 4.78 is 0. The highest BCUT2D eigenvalue weighted by atomic mass is 32.8. The molecule has 0 aromatic heterocycles. The van der Waals surface area contributed by atoms with Crippen molar-refractivity contribution in [1.82, 2.24) is 0 Å². The summed E-state index contributed by atoms with van der Waals surface area (Å²) in [4.78, 5) is 21.0. The van der Waals surface area contributed by atoms with Gasteiger partial charge in [0.15, 0.2) is 0 Å². The van der Waals surface area contributed by atoms with Crippen LogP contribution in [0.4, 0.5) is 0 Å². The van der Waals surface area contributed by atoms with Gasteiger partial charge in [0.05, 0.1) is 5.92 Å². The van der Waals surface area contributed by atoms with Gasteiger partial charge in [-0.25, -0.2) is 0 Å². The molecule has 2 atom stereocenters.